The van der Waals surface area contributed by atoms with Crippen molar-refractivity contribution in [1.29, 1.82) is 0 Å². The van der Waals surface area contributed by atoms with Gasteiger partial charge in [-0.15, -0.1) is 0 Å². The fourth-order valence-electron chi connectivity index (χ4n) is 5.58. The van der Waals surface area contributed by atoms with Crippen LogP contribution in [0.25, 0.3) is 0 Å². The molecule has 2 saturated carbocycles. The van der Waals surface area contributed by atoms with Gasteiger partial charge in [-0.25, -0.2) is 5.01 Å². The highest BCUT2D eigenvalue weighted by Gasteiger charge is 2.53. The molecule has 0 N–H and O–H groups in total. The van der Waals surface area contributed by atoms with Gasteiger partial charge in [-0.05, 0) is 49.4 Å². The zero-order chi connectivity index (χ0) is 22.0. The summed E-state index contributed by atoms with van der Waals surface area (Å²) in [5, 5.41) is 6.87. The number of amides is 1. The van der Waals surface area contributed by atoms with Crippen molar-refractivity contribution in [3.05, 3.63) is 59.7 Å². The summed E-state index contributed by atoms with van der Waals surface area (Å²) < 4.78 is 11.7. The highest BCUT2D eigenvalue weighted by Crippen LogP contribution is 2.47. The van der Waals surface area contributed by atoms with Crippen LogP contribution in [0.2, 0.25) is 0 Å². The van der Waals surface area contributed by atoms with E-state index in [-0.39, 0.29) is 11.9 Å². The molecule has 1 heterocycles. The molecule has 0 aromatic heterocycles. The van der Waals surface area contributed by atoms with Crippen LogP contribution in [0, 0.1) is 5.41 Å². The van der Waals surface area contributed by atoms with Gasteiger partial charge in [0.15, 0.2) is 11.5 Å². The monoisotopic (exact) mass is 432 g/mol. The SMILES string of the molecule is COc1ccc(C2=NN(C3CCCC3)C(=O)C23CCCCC3)cc1OCc1ccccc1. The Morgan fingerprint density at radius 2 is 1.72 bits per heavy atom. The van der Waals surface area contributed by atoms with Crippen molar-refractivity contribution < 1.29 is 14.3 Å². The van der Waals surface area contributed by atoms with Crippen LogP contribution in [0.5, 0.6) is 11.5 Å². The van der Waals surface area contributed by atoms with Gasteiger partial charge < -0.3 is 9.47 Å². The average Bonchev–Trinajstić information content (AvgIpc) is 3.46. The molecule has 32 heavy (non-hydrogen) atoms. The highest BCUT2D eigenvalue weighted by atomic mass is 16.5. The Labute approximate surface area is 190 Å². The Balaban J connectivity index is 1.49. The average molecular weight is 433 g/mol. The van der Waals surface area contributed by atoms with Crippen molar-refractivity contribution >= 4 is 11.6 Å². The largest absolute Gasteiger partial charge is 0.493 e. The van der Waals surface area contributed by atoms with Gasteiger partial charge in [-0.1, -0.05) is 62.4 Å². The summed E-state index contributed by atoms with van der Waals surface area (Å²) >= 11 is 0. The number of carbonyl (C=O) groups is 1. The maximum absolute atomic E-state index is 13.7. The van der Waals surface area contributed by atoms with Gasteiger partial charge in [0.1, 0.15) is 6.61 Å². The second kappa shape index (κ2) is 8.97. The number of carbonyl (C=O) groups excluding carboxylic acids is 1. The summed E-state index contributed by atoms with van der Waals surface area (Å²) in [5.74, 6) is 1.61. The molecule has 5 heteroatoms. The molecule has 0 bridgehead atoms. The summed E-state index contributed by atoms with van der Waals surface area (Å²) in [5.41, 5.74) is 2.53. The zero-order valence-corrected chi connectivity index (χ0v) is 18.9. The number of rotatable bonds is 6. The molecule has 2 aromatic rings. The molecular weight excluding hydrogens is 400 g/mol. The van der Waals surface area contributed by atoms with Crippen molar-refractivity contribution in [1.82, 2.24) is 5.01 Å². The van der Waals surface area contributed by atoms with E-state index in [4.69, 9.17) is 14.6 Å². The molecule has 1 spiro atoms. The third kappa shape index (κ3) is 3.78. The van der Waals surface area contributed by atoms with Crippen LogP contribution in [0.4, 0.5) is 0 Å². The minimum absolute atomic E-state index is 0.224. The molecule has 0 radical (unpaired) electrons. The van der Waals surface area contributed by atoms with Crippen molar-refractivity contribution in [3.8, 4) is 11.5 Å². The Morgan fingerprint density at radius 3 is 2.44 bits per heavy atom. The Hall–Kier alpha value is -2.82. The quantitative estimate of drug-likeness (QED) is 0.587. The summed E-state index contributed by atoms with van der Waals surface area (Å²) in [4.78, 5) is 13.7. The Morgan fingerprint density at radius 1 is 0.969 bits per heavy atom. The van der Waals surface area contributed by atoms with Crippen molar-refractivity contribution in [2.24, 2.45) is 10.5 Å². The Bertz CT molecular complexity index is 989. The molecule has 2 aromatic carbocycles. The zero-order valence-electron chi connectivity index (χ0n) is 18.9. The van der Waals surface area contributed by atoms with E-state index < -0.39 is 5.41 Å². The lowest BCUT2D eigenvalue weighted by atomic mass is 9.69. The van der Waals surface area contributed by atoms with E-state index in [0.717, 1.165) is 55.4 Å². The second-order valence-electron chi connectivity index (χ2n) is 9.32. The van der Waals surface area contributed by atoms with Crippen molar-refractivity contribution in [3.63, 3.8) is 0 Å². The fraction of sp³-hybridized carbons (Fsp3) is 0.481. The van der Waals surface area contributed by atoms with Crippen LogP contribution in [-0.4, -0.2) is 29.8 Å². The van der Waals surface area contributed by atoms with Crippen LogP contribution in [-0.2, 0) is 11.4 Å². The van der Waals surface area contributed by atoms with Gasteiger partial charge in [-0.2, -0.15) is 5.10 Å². The molecule has 168 valence electrons. The smallest absolute Gasteiger partial charge is 0.255 e. The van der Waals surface area contributed by atoms with Crippen LogP contribution >= 0.6 is 0 Å². The summed E-state index contributed by atoms with van der Waals surface area (Å²) in [7, 11) is 1.66. The lowest BCUT2D eigenvalue weighted by Crippen LogP contribution is -2.44. The second-order valence-corrected chi connectivity index (χ2v) is 9.32. The Kier molecular flexibility index (Phi) is 5.90. The standard InChI is InChI=1S/C27H32N2O3/c1-31-23-15-14-21(18-24(23)32-19-20-10-4-2-5-11-20)25-27(16-8-3-9-17-27)26(30)29(28-25)22-12-6-7-13-22/h2,4-5,10-11,14-15,18,22H,3,6-9,12-13,16-17,19H2,1H3. The van der Waals surface area contributed by atoms with Gasteiger partial charge in [0.25, 0.3) is 5.91 Å². The summed E-state index contributed by atoms with van der Waals surface area (Å²) in [6.45, 7) is 0.464. The third-order valence-corrected chi connectivity index (χ3v) is 7.33. The molecule has 0 atom stereocenters. The molecule has 3 aliphatic rings. The van der Waals surface area contributed by atoms with Crippen LogP contribution in [0.1, 0.15) is 68.9 Å². The molecule has 2 fully saturated rings. The summed E-state index contributed by atoms with van der Waals surface area (Å²) in [6.07, 6.45) is 9.63. The van der Waals surface area contributed by atoms with E-state index in [9.17, 15) is 4.79 Å². The van der Waals surface area contributed by atoms with Crippen LogP contribution in [0.15, 0.2) is 53.6 Å². The van der Waals surface area contributed by atoms with E-state index >= 15 is 0 Å². The number of methoxy groups -OCH3 is 1. The fourth-order valence-corrected chi connectivity index (χ4v) is 5.58. The minimum atomic E-state index is -0.480. The maximum atomic E-state index is 13.7. The first kappa shape index (κ1) is 21.0. The normalized spacial score (nSPS) is 20.6. The lowest BCUT2D eigenvalue weighted by Gasteiger charge is -2.33. The minimum Gasteiger partial charge on any atom is -0.493 e. The van der Waals surface area contributed by atoms with Gasteiger partial charge in [-0.3, -0.25) is 4.79 Å². The first-order valence-corrected chi connectivity index (χ1v) is 12.0. The molecular formula is C27H32N2O3. The number of hydrazone groups is 1. The van der Waals surface area contributed by atoms with E-state index in [2.05, 4.69) is 0 Å². The summed E-state index contributed by atoms with van der Waals surface area (Å²) in [6, 6.07) is 16.4. The van der Waals surface area contributed by atoms with Crippen LogP contribution < -0.4 is 9.47 Å². The maximum Gasteiger partial charge on any atom is 0.255 e. The van der Waals surface area contributed by atoms with Gasteiger partial charge >= 0.3 is 0 Å². The molecule has 0 unspecified atom stereocenters. The van der Waals surface area contributed by atoms with E-state index in [1.165, 1.54) is 19.3 Å². The van der Waals surface area contributed by atoms with E-state index in [1.807, 2.05) is 53.5 Å². The third-order valence-electron chi connectivity index (χ3n) is 7.33. The molecule has 5 rings (SSSR count). The van der Waals surface area contributed by atoms with Gasteiger partial charge in [0.2, 0.25) is 0 Å². The van der Waals surface area contributed by atoms with Crippen LogP contribution in [0.3, 0.4) is 0 Å². The molecule has 1 aliphatic heterocycles. The molecule has 5 nitrogen and oxygen atoms in total. The lowest BCUT2D eigenvalue weighted by molar-refractivity contribution is -0.139. The molecule has 1 amide bonds. The molecule has 0 saturated heterocycles. The predicted octanol–water partition coefficient (Wildman–Crippen LogP) is 5.71. The number of ether oxygens (including phenoxy) is 2. The van der Waals surface area contributed by atoms with Crippen molar-refractivity contribution in [2.45, 2.75) is 70.4 Å². The number of hydrogen-bond donors (Lipinski definition) is 0. The first-order valence-electron chi connectivity index (χ1n) is 12.0. The highest BCUT2D eigenvalue weighted by molar-refractivity contribution is 6.20. The predicted molar refractivity (Wildman–Crippen MR) is 125 cm³/mol. The number of hydrogen-bond acceptors (Lipinski definition) is 4. The van der Waals surface area contributed by atoms with E-state index in [0.29, 0.717) is 18.1 Å². The molecule has 2 aliphatic carbocycles. The number of benzene rings is 2. The van der Waals surface area contributed by atoms with Gasteiger partial charge in [0.05, 0.1) is 24.3 Å². The van der Waals surface area contributed by atoms with Crippen molar-refractivity contribution in [2.75, 3.05) is 7.11 Å². The number of nitrogens with zero attached hydrogens (tertiary/aromatic N) is 2. The van der Waals surface area contributed by atoms with E-state index in [1.54, 1.807) is 7.11 Å². The first-order chi connectivity index (χ1) is 15.7. The topological polar surface area (TPSA) is 51.1 Å². The van der Waals surface area contributed by atoms with Gasteiger partial charge in [0, 0.05) is 5.56 Å².